The number of fused-ring (bicyclic) bond motifs is 2. The molecule has 0 saturated heterocycles. The Morgan fingerprint density at radius 3 is 2.56 bits per heavy atom. The smallest absolute Gasteiger partial charge is 0.323 e. The fraction of sp³-hybridized carbons (Fsp3) is 0.263. The van der Waals surface area contributed by atoms with Crippen LogP contribution in [0.15, 0.2) is 47.3 Å². The van der Waals surface area contributed by atoms with E-state index >= 15 is 0 Å². The fourth-order valence-electron chi connectivity index (χ4n) is 3.56. The van der Waals surface area contributed by atoms with Crippen molar-refractivity contribution in [2.45, 2.75) is 6.92 Å². The lowest BCUT2D eigenvalue weighted by Crippen LogP contribution is -2.34. The number of hydrogen-bond acceptors (Lipinski definition) is 3. The summed E-state index contributed by atoms with van der Waals surface area (Å²) < 4.78 is 0. The van der Waals surface area contributed by atoms with E-state index in [-0.39, 0.29) is 11.6 Å². The molecule has 1 aliphatic heterocycles. The summed E-state index contributed by atoms with van der Waals surface area (Å²) in [6.45, 7) is 3.70. The van der Waals surface area contributed by atoms with Gasteiger partial charge in [-0.25, -0.2) is 4.79 Å². The fourth-order valence-corrected chi connectivity index (χ4v) is 3.56. The second-order valence-corrected chi connectivity index (χ2v) is 6.73. The first-order chi connectivity index (χ1) is 12.0. The van der Waals surface area contributed by atoms with E-state index in [1.807, 2.05) is 29.2 Å². The van der Waals surface area contributed by atoms with Crippen molar-refractivity contribution in [1.29, 1.82) is 0 Å². The van der Waals surface area contributed by atoms with Gasteiger partial charge in [-0.05, 0) is 36.2 Å². The number of anilines is 2. The van der Waals surface area contributed by atoms with Crippen LogP contribution in [0.25, 0.3) is 11.0 Å². The van der Waals surface area contributed by atoms with Crippen molar-refractivity contribution >= 4 is 28.3 Å². The third kappa shape index (κ3) is 2.69. The van der Waals surface area contributed by atoms with Crippen LogP contribution >= 0.6 is 0 Å². The Labute approximate surface area is 145 Å². The molecule has 4 rings (SSSR count). The monoisotopic (exact) mass is 336 g/mol. The molecule has 0 saturated carbocycles. The van der Waals surface area contributed by atoms with Gasteiger partial charge in [0, 0.05) is 25.7 Å². The van der Waals surface area contributed by atoms with Gasteiger partial charge in [-0.1, -0.05) is 19.1 Å². The largest absolute Gasteiger partial charge is 0.373 e. The second kappa shape index (κ2) is 5.81. The molecule has 0 aliphatic carbocycles. The standard InChI is InChI=1S/C19H20N4O2/c1-12-10-22(2)16-5-3-4-6-17(16)23(11-12)18(24)13-7-8-14-15(9-13)21-19(25)20-14/h3-9,12H,10-11H2,1-2H3,(H2,20,21,25)/t12-/m0/s1. The molecule has 6 heteroatoms. The molecule has 1 amide bonds. The molecule has 1 aromatic heterocycles. The topological polar surface area (TPSA) is 72.2 Å². The number of carbonyl (C=O) groups is 1. The van der Waals surface area contributed by atoms with Crippen molar-refractivity contribution in [1.82, 2.24) is 9.97 Å². The molecular formula is C19H20N4O2. The summed E-state index contributed by atoms with van der Waals surface area (Å²) in [4.78, 5) is 34.1. The molecule has 2 aromatic carbocycles. The van der Waals surface area contributed by atoms with E-state index in [9.17, 15) is 9.59 Å². The molecule has 128 valence electrons. The van der Waals surface area contributed by atoms with Crippen LogP contribution in [-0.4, -0.2) is 36.0 Å². The highest BCUT2D eigenvalue weighted by atomic mass is 16.2. The summed E-state index contributed by atoms with van der Waals surface area (Å²) in [6.07, 6.45) is 0. The number of rotatable bonds is 1. The first-order valence-electron chi connectivity index (χ1n) is 8.37. The molecule has 0 fully saturated rings. The Morgan fingerprint density at radius 2 is 1.76 bits per heavy atom. The number of H-pyrrole nitrogens is 2. The maximum atomic E-state index is 13.2. The van der Waals surface area contributed by atoms with Crippen molar-refractivity contribution in [3.63, 3.8) is 0 Å². The number of nitrogens with one attached hydrogen (secondary N) is 2. The van der Waals surface area contributed by atoms with E-state index in [1.165, 1.54) is 0 Å². The van der Waals surface area contributed by atoms with Crippen LogP contribution < -0.4 is 15.5 Å². The minimum atomic E-state index is -0.269. The van der Waals surface area contributed by atoms with E-state index in [0.29, 0.717) is 29.1 Å². The van der Waals surface area contributed by atoms with Gasteiger partial charge in [0.05, 0.1) is 22.4 Å². The third-order valence-corrected chi connectivity index (χ3v) is 4.67. The molecule has 3 aromatic rings. The predicted octanol–water partition coefficient (Wildman–Crippen LogP) is 2.59. The maximum absolute atomic E-state index is 13.2. The lowest BCUT2D eigenvalue weighted by molar-refractivity contribution is 0.0984. The van der Waals surface area contributed by atoms with Crippen molar-refractivity contribution < 1.29 is 4.79 Å². The Bertz CT molecular complexity index is 1000. The highest BCUT2D eigenvalue weighted by molar-refractivity contribution is 6.09. The number of aromatic amines is 2. The van der Waals surface area contributed by atoms with Crippen LogP contribution in [0, 0.1) is 5.92 Å². The lowest BCUT2D eigenvalue weighted by Gasteiger charge is -2.24. The molecule has 2 heterocycles. The van der Waals surface area contributed by atoms with Crippen LogP contribution in [0.5, 0.6) is 0 Å². The molecule has 0 unspecified atom stereocenters. The highest BCUT2D eigenvalue weighted by Gasteiger charge is 2.27. The zero-order valence-corrected chi connectivity index (χ0v) is 14.2. The molecule has 2 N–H and O–H groups in total. The molecule has 25 heavy (non-hydrogen) atoms. The quantitative estimate of drug-likeness (QED) is 0.717. The zero-order chi connectivity index (χ0) is 17.6. The zero-order valence-electron chi connectivity index (χ0n) is 14.2. The number of hydrogen-bond donors (Lipinski definition) is 2. The van der Waals surface area contributed by atoms with Crippen LogP contribution in [0.3, 0.4) is 0 Å². The van der Waals surface area contributed by atoms with Crippen LogP contribution in [-0.2, 0) is 0 Å². The van der Waals surface area contributed by atoms with E-state index < -0.39 is 0 Å². The summed E-state index contributed by atoms with van der Waals surface area (Å²) >= 11 is 0. The van der Waals surface area contributed by atoms with Gasteiger partial charge in [0.2, 0.25) is 0 Å². The van der Waals surface area contributed by atoms with Crippen molar-refractivity contribution in [2.24, 2.45) is 5.92 Å². The number of para-hydroxylation sites is 2. The summed E-state index contributed by atoms with van der Waals surface area (Å²) in [5.74, 6) is 0.288. The molecule has 0 radical (unpaired) electrons. The van der Waals surface area contributed by atoms with Gasteiger partial charge >= 0.3 is 5.69 Å². The average molecular weight is 336 g/mol. The predicted molar refractivity (Wildman–Crippen MR) is 99.5 cm³/mol. The first kappa shape index (κ1) is 15.5. The van der Waals surface area contributed by atoms with Crippen molar-refractivity contribution in [3.8, 4) is 0 Å². The molecular weight excluding hydrogens is 316 g/mol. The second-order valence-electron chi connectivity index (χ2n) is 6.73. The van der Waals surface area contributed by atoms with Crippen LogP contribution in [0.4, 0.5) is 11.4 Å². The average Bonchev–Trinajstić information content (AvgIpc) is 2.92. The maximum Gasteiger partial charge on any atom is 0.323 e. The first-order valence-corrected chi connectivity index (χ1v) is 8.37. The van der Waals surface area contributed by atoms with E-state index in [1.54, 1.807) is 18.2 Å². The van der Waals surface area contributed by atoms with Gasteiger partial charge in [-0.2, -0.15) is 0 Å². The molecule has 1 atom stereocenters. The van der Waals surface area contributed by atoms with Gasteiger partial charge in [0.1, 0.15) is 0 Å². The molecule has 0 spiro atoms. The molecule has 0 bridgehead atoms. The normalized spacial score (nSPS) is 17.4. The SMILES string of the molecule is C[C@H]1CN(C)c2ccccc2N(C(=O)c2ccc3[nH]c(=O)[nH]c3c2)C1. The number of amides is 1. The van der Waals surface area contributed by atoms with Gasteiger partial charge in [0.15, 0.2) is 0 Å². The highest BCUT2D eigenvalue weighted by Crippen LogP contribution is 2.33. The Morgan fingerprint density at radius 1 is 1.04 bits per heavy atom. The van der Waals surface area contributed by atoms with Gasteiger partial charge in [-0.3, -0.25) is 4.79 Å². The van der Waals surface area contributed by atoms with E-state index in [4.69, 9.17) is 0 Å². The van der Waals surface area contributed by atoms with Gasteiger partial charge in [-0.15, -0.1) is 0 Å². The van der Waals surface area contributed by atoms with Crippen LogP contribution in [0.2, 0.25) is 0 Å². The minimum absolute atomic E-state index is 0.0569. The van der Waals surface area contributed by atoms with Crippen molar-refractivity contribution in [2.75, 3.05) is 29.9 Å². The summed E-state index contributed by atoms with van der Waals surface area (Å²) in [6, 6.07) is 13.2. The Kier molecular flexibility index (Phi) is 3.60. The number of carbonyl (C=O) groups excluding carboxylic acids is 1. The van der Waals surface area contributed by atoms with E-state index in [0.717, 1.165) is 17.9 Å². The van der Waals surface area contributed by atoms with Gasteiger partial charge < -0.3 is 19.8 Å². The summed E-state index contributed by atoms with van der Waals surface area (Å²) in [5.41, 5.74) is 3.61. The van der Waals surface area contributed by atoms with Gasteiger partial charge in [0.25, 0.3) is 5.91 Å². The number of aromatic nitrogens is 2. The third-order valence-electron chi connectivity index (χ3n) is 4.67. The summed E-state index contributed by atoms with van der Waals surface area (Å²) in [7, 11) is 2.06. The minimum Gasteiger partial charge on any atom is -0.373 e. The number of imidazole rings is 1. The summed E-state index contributed by atoms with van der Waals surface area (Å²) in [5, 5.41) is 0. The van der Waals surface area contributed by atoms with Crippen LogP contribution in [0.1, 0.15) is 17.3 Å². The molecule has 6 nitrogen and oxygen atoms in total. The van der Waals surface area contributed by atoms with Crippen molar-refractivity contribution in [3.05, 3.63) is 58.5 Å². The lowest BCUT2D eigenvalue weighted by atomic mass is 10.1. The Hall–Kier alpha value is -3.02. The Balaban J connectivity index is 1.79. The number of benzene rings is 2. The molecule has 1 aliphatic rings. The number of nitrogens with zero attached hydrogens (tertiary/aromatic N) is 2. The van der Waals surface area contributed by atoms with E-state index in [2.05, 4.69) is 28.8 Å².